The SMILES string of the molecule is Cc1cc(C)c(C)c(S(=O)(=O)Nc2cc(-c3ccc(O)c(C(=O)O)c3)cc3ccccc23)c1C. The molecule has 0 saturated carbocycles. The summed E-state index contributed by atoms with van der Waals surface area (Å²) in [5, 5.41) is 20.8. The van der Waals surface area contributed by atoms with E-state index in [0.29, 0.717) is 33.3 Å². The molecule has 4 aromatic rings. The van der Waals surface area contributed by atoms with Gasteiger partial charge in [-0.1, -0.05) is 36.4 Å². The third kappa shape index (κ3) is 4.10. The second kappa shape index (κ2) is 8.50. The minimum Gasteiger partial charge on any atom is -0.507 e. The second-order valence-corrected chi connectivity index (χ2v) is 10.1. The minimum atomic E-state index is -3.92. The molecule has 0 heterocycles. The Morgan fingerprint density at radius 1 is 0.824 bits per heavy atom. The Hall–Kier alpha value is -3.84. The number of hydrogen-bond acceptors (Lipinski definition) is 4. The lowest BCUT2D eigenvalue weighted by molar-refractivity contribution is 0.0693. The molecule has 7 heteroatoms. The summed E-state index contributed by atoms with van der Waals surface area (Å²) in [6, 6.07) is 17.2. The lowest BCUT2D eigenvalue weighted by Crippen LogP contribution is -2.17. The predicted molar refractivity (Wildman–Crippen MR) is 134 cm³/mol. The fraction of sp³-hybridized carbons (Fsp3) is 0.148. The van der Waals surface area contributed by atoms with Crippen LogP contribution in [0, 0.1) is 27.7 Å². The highest BCUT2D eigenvalue weighted by Gasteiger charge is 2.23. The van der Waals surface area contributed by atoms with Crippen LogP contribution < -0.4 is 4.72 Å². The van der Waals surface area contributed by atoms with Crippen molar-refractivity contribution in [1.82, 2.24) is 0 Å². The Morgan fingerprint density at radius 2 is 1.47 bits per heavy atom. The minimum absolute atomic E-state index is 0.228. The molecule has 4 rings (SSSR count). The van der Waals surface area contributed by atoms with Gasteiger partial charge in [-0.15, -0.1) is 0 Å². The maximum Gasteiger partial charge on any atom is 0.339 e. The molecule has 0 atom stereocenters. The van der Waals surface area contributed by atoms with Gasteiger partial charge in [0, 0.05) is 5.39 Å². The van der Waals surface area contributed by atoms with Crippen LogP contribution >= 0.6 is 0 Å². The maximum absolute atomic E-state index is 13.6. The number of phenols is 1. The highest BCUT2D eigenvalue weighted by molar-refractivity contribution is 7.92. The van der Waals surface area contributed by atoms with Crippen LogP contribution in [0.25, 0.3) is 21.9 Å². The Bertz CT molecular complexity index is 1550. The van der Waals surface area contributed by atoms with Crippen LogP contribution in [-0.2, 0) is 10.0 Å². The van der Waals surface area contributed by atoms with Crippen LogP contribution in [0.3, 0.4) is 0 Å². The van der Waals surface area contributed by atoms with Crippen molar-refractivity contribution in [3.63, 3.8) is 0 Å². The number of sulfonamides is 1. The largest absolute Gasteiger partial charge is 0.507 e. The van der Waals surface area contributed by atoms with Gasteiger partial charge in [-0.25, -0.2) is 13.2 Å². The first-order valence-electron chi connectivity index (χ1n) is 10.7. The fourth-order valence-electron chi connectivity index (χ4n) is 4.23. The summed E-state index contributed by atoms with van der Waals surface area (Å²) in [5.41, 5.74) is 4.50. The smallest absolute Gasteiger partial charge is 0.339 e. The van der Waals surface area contributed by atoms with Crippen LogP contribution in [0.5, 0.6) is 5.75 Å². The molecule has 4 aromatic carbocycles. The monoisotopic (exact) mass is 475 g/mol. The molecule has 6 nitrogen and oxygen atoms in total. The van der Waals surface area contributed by atoms with Crippen LogP contribution in [0.1, 0.15) is 32.6 Å². The standard InChI is InChI=1S/C27H25NO5S/c1-15-11-16(2)18(4)26(17(15)3)34(32,33)28-24-14-21(12-20-7-5-6-8-22(20)24)19-9-10-25(29)23(13-19)27(30)31/h5-14,28-29H,1-4H3,(H,30,31). The Labute approximate surface area is 198 Å². The molecule has 0 spiro atoms. The molecule has 0 aliphatic rings. The Kier molecular flexibility index (Phi) is 5.83. The zero-order chi connectivity index (χ0) is 24.8. The number of hydrogen-bond donors (Lipinski definition) is 3. The maximum atomic E-state index is 13.6. The zero-order valence-corrected chi connectivity index (χ0v) is 20.1. The summed E-state index contributed by atoms with van der Waals surface area (Å²) in [5.74, 6) is -1.58. The van der Waals surface area contributed by atoms with Gasteiger partial charge in [0.1, 0.15) is 11.3 Å². The number of aromatic carboxylic acids is 1. The van der Waals surface area contributed by atoms with Crippen molar-refractivity contribution in [3.8, 4) is 16.9 Å². The van der Waals surface area contributed by atoms with E-state index in [1.54, 1.807) is 26.0 Å². The fourth-order valence-corrected chi connectivity index (χ4v) is 5.92. The molecule has 174 valence electrons. The predicted octanol–water partition coefficient (Wildman–Crippen LogP) is 5.95. The average molecular weight is 476 g/mol. The zero-order valence-electron chi connectivity index (χ0n) is 19.3. The molecule has 0 amide bonds. The van der Waals surface area contributed by atoms with Crippen molar-refractivity contribution in [2.75, 3.05) is 4.72 Å². The van der Waals surface area contributed by atoms with Crippen LogP contribution in [-0.4, -0.2) is 24.6 Å². The van der Waals surface area contributed by atoms with E-state index >= 15 is 0 Å². The summed E-state index contributed by atoms with van der Waals surface area (Å²) in [6.45, 7) is 7.38. The van der Waals surface area contributed by atoms with Crippen LogP contribution in [0.15, 0.2) is 65.6 Å². The Morgan fingerprint density at radius 3 is 2.12 bits per heavy atom. The van der Waals surface area contributed by atoms with Crippen molar-refractivity contribution in [2.45, 2.75) is 32.6 Å². The van der Waals surface area contributed by atoms with E-state index in [4.69, 9.17) is 0 Å². The number of rotatable bonds is 5. The summed E-state index contributed by atoms with van der Waals surface area (Å²) in [4.78, 5) is 11.8. The number of anilines is 1. The molecule has 0 aliphatic carbocycles. The normalized spacial score (nSPS) is 11.5. The van der Waals surface area contributed by atoms with Gasteiger partial charge in [0.05, 0.1) is 10.6 Å². The van der Waals surface area contributed by atoms with Crippen LogP contribution in [0.4, 0.5) is 5.69 Å². The van der Waals surface area contributed by atoms with E-state index in [-0.39, 0.29) is 16.2 Å². The number of carboxylic acids is 1. The topological polar surface area (TPSA) is 104 Å². The number of benzene rings is 4. The van der Waals surface area contributed by atoms with Gasteiger partial charge in [0.15, 0.2) is 0 Å². The average Bonchev–Trinajstić information content (AvgIpc) is 2.77. The Balaban J connectivity index is 1.91. The molecule has 0 unspecified atom stereocenters. The quantitative estimate of drug-likeness (QED) is 0.331. The highest BCUT2D eigenvalue weighted by Crippen LogP contribution is 2.35. The van der Waals surface area contributed by atoms with Gasteiger partial charge in [-0.3, -0.25) is 4.72 Å². The molecule has 3 N–H and O–H groups in total. The first kappa shape index (κ1) is 23.3. The van der Waals surface area contributed by atoms with Gasteiger partial charge < -0.3 is 10.2 Å². The molecular weight excluding hydrogens is 450 g/mol. The van der Waals surface area contributed by atoms with Gasteiger partial charge >= 0.3 is 5.97 Å². The lowest BCUT2D eigenvalue weighted by atomic mass is 9.98. The number of aromatic hydroxyl groups is 1. The van der Waals surface area contributed by atoms with Crippen molar-refractivity contribution in [1.29, 1.82) is 0 Å². The molecule has 0 radical (unpaired) electrons. The molecule has 0 saturated heterocycles. The number of fused-ring (bicyclic) bond motifs is 1. The van der Waals surface area contributed by atoms with Crippen molar-refractivity contribution >= 4 is 32.5 Å². The summed E-state index contributed by atoms with van der Waals surface area (Å²) < 4.78 is 30.0. The van der Waals surface area contributed by atoms with Crippen molar-refractivity contribution < 1.29 is 23.4 Å². The van der Waals surface area contributed by atoms with Crippen molar-refractivity contribution in [2.24, 2.45) is 0 Å². The van der Waals surface area contributed by atoms with Gasteiger partial charge in [-0.2, -0.15) is 0 Å². The van der Waals surface area contributed by atoms with E-state index in [1.165, 1.54) is 12.1 Å². The van der Waals surface area contributed by atoms with E-state index < -0.39 is 16.0 Å². The van der Waals surface area contributed by atoms with E-state index in [2.05, 4.69) is 4.72 Å². The molecule has 0 fully saturated rings. The third-order valence-electron chi connectivity index (χ3n) is 6.23. The van der Waals surface area contributed by atoms with Crippen molar-refractivity contribution in [3.05, 3.63) is 88.5 Å². The van der Waals surface area contributed by atoms with Crippen LogP contribution in [0.2, 0.25) is 0 Å². The molecular formula is C27H25NO5S. The van der Waals surface area contributed by atoms with Gasteiger partial charge in [-0.05, 0) is 90.7 Å². The molecule has 0 aromatic heterocycles. The number of nitrogens with one attached hydrogen (secondary N) is 1. The number of carboxylic acid groups (broad SMARTS) is 1. The molecule has 34 heavy (non-hydrogen) atoms. The van der Waals surface area contributed by atoms with E-state index in [0.717, 1.165) is 16.5 Å². The first-order valence-corrected chi connectivity index (χ1v) is 12.2. The first-order chi connectivity index (χ1) is 16.0. The summed E-state index contributed by atoms with van der Waals surface area (Å²) >= 11 is 0. The summed E-state index contributed by atoms with van der Waals surface area (Å²) in [6.07, 6.45) is 0. The lowest BCUT2D eigenvalue weighted by Gasteiger charge is -2.18. The third-order valence-corrected chi connectivity index (χ3v) is 7.87. The molecule has 0 aliphatic heterocycles. The van der Waals surface area contributed by atoms with Gasteiger partial charge in [0.2, 0.25) is 0 Å². The number of carbonyl (C=O) groups is 1. The van der Waals surface area contributed by atoms with Gasteiger partial charge in [0.25, 0.3) is 10.0 Å². The highest BCUT2D eigenvalue weighted by atomic mass is 32.2. The summed E-state index contributed by atoms with van der Waals surface area (Å²) in [7, 11) is -3.92. The molecule has 0 bridgehead atoms. The second-order valence-electron chi connectivity index (χ2n) is 8.48. The van der Waals surface area contributed by atoms with E-state index in [9.17, 15) is 23.4 Å². The number of aryl methyl sites for hydroxylation is 2. The van der Waals surface area contributed by atoms with E-state index in [1.807, 2.05) is 50.2 Å².